The summed E-state index contributed by atoms with van der Waals surface area (Å²) in [5.41, 5.74) is -0.863. The van der Waals surface area contributed by atoms with Gasteiger partial charge in [-0.1, -0.05) is 17.3 Å². The molecule has 0 fully saturated rings. The van der Waals surface area contributed by atoms with E-state index in [1.165, 1.54) is 7.11 Å². The van der Waals surface area contributed by atoms with Crippen molar-refractivity contribution in [2.75, 3.05) is 7.11 Å². The Balaban J connectivity index is 2.69. The molecule has 2 rings (SSSR count). The first-order valence-corrected chi connectivity index (χ1v) is 5.12. The largest absolute Gasteiger partial charge is 0.494 e. The molecular formula is C11H9N3O5. The molecule has 0 atom stereocenters. The fourth-order valence-electron chi connectivity index (χ4n) is 1.59. The maximum Gasteiger partial charge on any atom is 0.359 e. The predicted octanol–water partition coefficient (Wildman–Crippen LogP) is 0.672. The van der Waals surface area contributed by atoms with Crippen LogP contribution in [0, 0.1) is 0 Å². The van der Waals surface area contributed by atoms with E-state index in [0.29, 0.717) is 11.4 Å². The van der Waals surface area contributed by atoms with Crippen LogP contribution >= 0.6 is 0 Å². The second kappa shape index (κ2) is 4.77. The minimum atomic E-state index is -1.46. The number of aromatic carboxylic acids is 2. The SMILES string of the molecule is COc1ccccc1-n1nnc(C(=O)O)c1C(=O)O. The highest BCUT2D eigenvalue weighted by Crippen LogP contribution is 2.23. The zero-order valence-electron chi connectivity index (χ0n) is 9.77. The second-order valence-corrected chi connectivity index (χ2v) is 3.48. The smallest absolute Gasteiger partial charge is 0.359 e. The molecule has 0 saturated carbocycles. The summed E-state index contributed by atoms with van der Waals surface area (Å²) < 4.78 is 6.00. The summed E-state index contributed by atoms with van der Waals surface area (Å²) >= 11 is 0. The number of hydrogen-bond acceptors (Lipinski definition) is 5. The van der Waals surface area contributed by atoms with Crippen molar-refractivity contribution < 1.29 is 24.5 Å². The standard InChI is InChI=1S/C11H9N3O5/c1-19-7-5-3-2-4-6(7)14-9(11(17)18)8(10(15)16)12-13-14/h2-5H,1H3,(H,15,16)(H,17,18). The van der Waals surface area contributed by atoms with Crippen LogP contribution in [0.25, 0.3) is 5.69 Å². The molecule has 0 bridgehead atoms. The van der Waals surface area contributed by atoms with E-state index in [2.05, 4.69) is 10.3 Å². The Morgan fingerprint density at radius 1 is 1.21 bits per heavy atom. The van der Waals surface area contributed by atoms with Gasteiger partial charge in [-0.3, -0.25) is 0 Å². The third-order valence-electron chi connectivity index (χ3n) is 2.39. The number of methoxy groups -OCH3 is 1. The number of nitrogens with zero attached hydrogens (tertiary/aromatic N) is 3. The van der Waals surface area contributed by atoms with Crippen molar-refractivity contribution in [3.05, 3.63) is 35.7 Å². The van der Waals surface area contributed by atoms with Gasteiger partial charge in [-0.2, -0.15) is 0 Å². The van der Waals surface area contributed by atoms with Crippen molar-refractivity contribution in [1.82, 2.24) is 15.0 Å². The van der Waals surface area contributed by atoms with Crippen LogP contribution in [0.3, 0.4) is 0 Å². The van der Waals surface area contributed by atoms with Crippen LogP contribution in [0.1, 0.15) is 21.0 Å². The van der Waals surface area contributed by atoms with Crippen LogP contribution in [-0.4, -0.2) is 44.3 Å². The van der Waals surface area contributed by atoms with Gasteiger partial charge in [0.1, 0.15) is 11.4 Å². The van der Waals surface area contributed by atoms with E-state index in [-0.39, 0.29) is 0 Å². The zero-order valence-corrected chi connectivity index (χ0v) is 9.77. The number of hydrogen-bond donors (Lipinski definition) is 2. The molecule has 0 spiro atoms. The van der Waals surface area contributed by atoms with Crippen molar-refractivity contribution >= 4 is 11.9 Å². The minimum absolute atomic E-state index is 0.294. The molecule has 0 radical (unpaired) electrons. The number of rotatable bonds is 4. The topological polar surface area (TPSA) is 115 Å². The van der Waals surface area contributed by atoms with E-state index in [1.54, 1.807) is 24.3 Å². The first-order chi connectivity index (χ1) is 9.06. The van der Waals surface area contributed by atoms with Gasteiger partial charge in [0, 0.05) is 0 Å². The number of carbonyl (C=O) groups is 2. The Bertz CT molecular complexity index is 650. The van der Waals surface area contributed by atoms with E-state index in [1.807, 2.05) is 0 Å². The van der Waals surface area contributed by atoms with Crippen LogP contribution in [0.5, 0.6) is 5.75 Å². The van der Waals surface area contributed by atoms with Crippen molar-refractivity contribution in [2.24, 2.45) is 0 Å². The molecule has 0 aliphatic heterocycles. The summed E-state index contributed by atoms with van der Waals surface area (Å²) in [7, 11) is 1.41. The number of carboxylic acids is 2. The summed E-state index contributed by atoms with van der Waals surface area (Å²) in [6.45, 7) is 0. The van der Waals surface area contributed by atoms with Crippen LogP contribution in [0.2, 0.25) is 0 Å². The van der Waals surface area contributed by atoms with E-state index in [9.17, 15) is 9.59 Å². The van der Waals surface area contributed by atoms with Gasteiger partial charge in [-0.15, -0.1) is 5.10 Å². The third kappa shape index (κ3) is 2.10. The first-order valence-electron chi connectivity index (χ1n) is 5.12. The average molecular weight is 263 g/mol. The van der Waals surface area contributed by atoms with E-state index in [4.69, 9.17) is 14.9 Å². The van der Waals surface area contributed by atoms with E-state index in [0.717, 1.165) is 4.68 Å². The molecule has 8 heteroatoms. The lowest BCUT2D eigenvalue weighted by Gasteiger charge is -2.08. The van der Waals surface area contributed by atoms with Gasteiger partial charge in [-0.25, -0.2) is 14.3 Å². The lowest BCUT2D eigenvalue weighted by atomic mass is 10.2. The van der Waals surface area contributed by atoms with Gasteiger partial charge < -0.3 is 14.9 Å². The van der Waals surface area contributed by atoms with Crippen molar-refractivity contribution in [1.29, 1.82) is 0 Å². The number of ether oxygens (including phenoxy) is 1. The van der Waals surface area contributed by atoms with Crippen molar-refractivity contribution in [3.8, 4) is 11.4 Å². The molecule has 1 aromatic heterocycles. The Labute approximate surface area is 106 Å². The number of para-hydroxylation sites is 2. The van der Waals surface area contributed by atoms with Gasteiger partial charge in [0.15, 0.2) is 5.69 Å². The molecular weight excluding hydrogens is 254 g/mol. The van der Waals surface area contributed by atoms with Gasteiger partial charge in [-0.05, 0) is 12.1 Å². The van der Waals surface area contributed by atoms with Crippen LogP contribution in [0.4, 0.5) is 0 Å². The van der Waals surface area contributed by atoms with Crippen molar-refractivity contribution in [3.63, 3.8) is 0 Å². The maximum atomic E-state index is 11.2. The highest BCUT2D eigenvalue weighted by Gasteiger charge is 2.26. The average Bonchev–Trinajstić information content (AvgIpc) is 2.83. The third-order valence-corrected chi connectivity index (χ3v) is 2.39. The first kappa shape index (κ1) is 12.6. The van der Waals surface area contributed by atoms with Gasteiger partial charge >= 0.3 is 11.9 Å². The maximum absolute atomic E-state index is 11.2. The second-order valence-electron chi connectivity index (χ2n) is 3.48. The predicted molar refractivity (Wildman–Crippen MR) is 61.8 cm³/mol. The lowest BCUT2D eigenvalue weighted by Crippen LogP contribution is -2.13. The quantitative estimate of drug-likeness (QED) is 0.833. The molecule has 98 valence electrons. The summed E-state index contributed by atoms with van der Waals surface area (Å²) in [5.74, 6) is -2.54. The Kier molecular flexibility index (Phi) is 3.15. The van der Waals surface area contributed by atoms with E-state index < -0.39 is 23.3 Å². The molecule has 0 saturated heterocycles. The van der Waals surface area contributed by atoms with Gasteiger partial charge in [0.2, 0.25) is 5.69 Å². The molecule has 1 heterocycles. The zero-order chi connectivity index (χ0) is 14.0. The monoisotopic (exact) mass is 263 g/mol. The Morgan fingerprint density at radius 3 is 2.47 bits per heavy atom. The van der Waals surface area contributed by atoms with Gasteiger partial charge in [0.25, 0.3) is 0 Å². The molecule has 2 N–H and O–H groups in total. The summed E-state index contributed by atoms with van der Waals surface area (Å²) in [4.78, 5) is 22.1. The van der Waals surface area contributed by atoms with Crippen LogP contribution < -0.4 is 4.74 Å². The molecule has 19 heavy (non-hydrogen) atoms. The van der Waals surface area contributed by atoms with Crippen molar-refractivity contribution in [2.45, 2.75) is 0 Å². The molecule has 0 amide bonds. The molecule has 0 unspecified atom stereocenters. The molecule has 8 nitrogen and oxygen atoms in total. The minimum Gasteiger partial charge on any atom is -0.494 e. The van der Waals surface area contributed by atoms with Gasteiger partial charge in [0.05, 0.1) is 7.11 Å². The van der Waals surface area contributed by atoms with Crippen LogP contribution in [0.15, 0.2) is 24.3 Å². The molecule has 0 aliphatic rings. The normalized spacial score (nSPS) is 10.2. The summed E-state index contributed by atoms with van der Waals surface area (Å²) in [5, 5.41) is 24.9. The summed E-state index contributed by atoms with van der Waals surface area (Å²) in [6, 6.07) is 6.48. The number of benzene rings is 1. The fraction of sp³-hybridized carbons (Fsp3) is 0.0909. The highest BCUT2D eigenvalue weighted by atomic mass is 16.5. The molecule has 1 aromatic carbocycles. The fourth-order valence-corrected chi connectivity index (χ4v) is 1.59. The lowest BCUT2D eigenvalue weighted by molar-refractivity contribution is 0.0642. The van der Waals surface area contributed by atoms with E-state index >= 15 is 0 Å². The Hall–Kier alpha value is -2.90. The van der Waals surface area contributed by atoms with Crippen LogP contribution in [-0.2, 0) is 0 Å². The molecule has 0 aliphatic carbocycles. The Morgan fingerprint density at radius 2 is 1.89 bits per heavy atom. The number of aromatic nitrogens is 3. The highest BCUT2D eigenvalue weighted by molar-refractivity contribution is 5.99. The number of carboxylic acid groups (broad SMARTS) is 2. The summed E-state index contributed by atoms with van der Waals surface area (Å²) in [6.07, 6.45) is 0. The molecule has 2 aromatic rings.